The number of aromatic nitrogens is 5. The largest absolute Gasteiger partial charge is 0.362 e. The summed E-state index contributed by atoms with van der Waals surface area (Å²) in [5.74, 6) is 1.49. The predicted octanol–water partition coefficient (Wildman–Crippen LogP) is 3.14. The van der Waals surface area contributed by atoms with Gasteiger partial charge in [-0.2, -0.15) is 5.10 Å². The van der Waals surface area contributed by atoms with Gasteiger partial charge in [0.05, 0.1) is 11.7 Å². The Hall–Kier alpha value is -2.76. The summed E-state index contributed by atoms with van der Waals surface area (Å²) < 4.78 is 1.89. The zero-order valence-corrected chi connectivity index (χ0v) is 13.6. The lowest BCUT2D eigenvalue weighted by Gasteiger charge is -2.18. The van der Waals surface area contributed by atoms with Gasteiger partial charge in [-0.05, 0) is 31.5 Å². The van der Waals surface area contributed by atoms with Crippen molar-refractivity contribution in [3.05, 3.63) is 54.2 Å². The highest BCUT2D eigenvalue weighted by atomic mass is 15.3. The van der Waals surface area contributed by atoms with Gasteiger partial charge in [0.2, 0.25) is 0 Å². The lowest BCUT2D eigenvalue weighted by atomic mass is 10.1. The lowest BCUT2D eigenvalue weighted by Crippen LogP contribution is -2.15. The van der Waals surface area contributed by atoms with E-state index in [2.05, 4.69) is 32.3 Å². The minimum Gasteiger partial charge on any atom is -0.362 e. The van der Waals surface area contributed by atoms with Crippen molar-refractivity contribution in [1.82, 2.24) is 24.7 Å². The van der Waals surface area contributed by atoms with E-state index in [9.17, 15) is 0 Å². The zero-order chi connectivity index (χ0) is 16.2. The van der Waals surface area contributed by atoms with E-state index in [0.29, 0.717) is 5.82 Å². The number of hydrogen-bond acceptors (Lipinski definition) is 5. The van der Waals surface area contributed by atoms with Gasteiger partial charge in [0.15, 0.2) is 5.82 Å². The Labute approximate surface area is 135 Å². The van der Waals surface area contributed by atoms with Gasteiger partial charge in [-0.25, -0.2) is 9.97 Å². The summed E-state index contributed by atoms with van der Waals surface area (Å²) in [6, 6.07) is 7.98. The third kappa shape index (κ3) is 3.36. The van der Waals surface area contributed by atoms with Crippen molar-refractivity contribution < 1.29 is 0 Å². The molecule has 0 bridgehead atoms. The summed E-state index contributed by atoms with van der Waals surface area (Å²) >= 11 is 0. The molecular formula is C17H20N6. The fourth-order valence-electron chi connectivity index (χ4n) is 2.56. The van der Waals surface area contributed by atoms with Gasteiger partial charge in [-0.15, -0.1) is 0 Å². The van der Waals surface area contributed by atoms with Crippen LogP contribution in [-0.2, 0) is 7.05 Å². The van der Waals surface area contributed by atoms with Gasteiger partial charge in [-0.3, -0.25) is 9.67 Å². The number of rotatable bonds is 5. The molecule has 0 amide bonds. The Balaban J connectivity index is 1.91. The monoisotopic (exact) mass is 308 g/mol. The number of hydrogen-bond donors (Lipinski definition) is 1. The molecular weight excluding hydrogens is 288 g/mol. The quantitative estimate of drug-likeness (QED) is 0.784. The third-order valence-corrected chi connectivity index (χ3v) is 3.72. The Morgan fingerprint density at radius 1 is 1.22 bits per heavy atom. The second-order valence-corrected chi connectivity index (χ2v) is 5.44. The van der Waals surface area contributed by atoms with E-state index >= 15 is 0 Å². The second kappa shape index (κ2) is 6.56. The molecule has 1 N–H and O–H groups in total. The molecule has 0 radical (unpaired) electrons. The predicted molar refractivity (Wildman–Crippen MR) is 89.9 cm³/mol. The van der Waals surface area contributed by atoms with Gasteiger partial charge in [0.25, 0.3) is 0 Å². The van der Waals surface area contributed by atoms with Crippen LogP contribution in [0.5, 0.6) is 0 Å². The van der Waals surface area contributed by atoms with E-state index in [4.69, 9.17) is 0 Å². The van der Waals surface area contributed by atoms with E-state index in [1.165, 1.54) is 0 Å². The Bertz CT molecular complexity index is 781. The minimum absolute atomic E-state index is 0.151. The minimum atomic E-state index is 0.151. The lowest BCUT2D eigenvalue weighted by molar-refractivity contribution is 0.632. The first-order valence-corrected chi connectivity index (χ1v) is 7.68. The van der Waals surface area contributed by atoms with E-state index in [1.807, 2.05) is 49.1 Å². The average Bonchev–Trinajstić information content (AvgIpc) is 2.99. The molecule has 6 nitrogen and oxygen atoms in total. The summed E-state index contributed by atoms with van der Waals surface area (Å²) in [5, 5.41) is 7.74. The van der Waals surface area contributed by atoms with Crippen LogP contribution < -0.4 is 5.32 Å². The van der Waals surface area contributed by atoms with Gasteiger partial charge in [0.1, 0.15) is 5.82 Å². The first-order valence-electron chi connectivity index (χ1n) is 7.68. The smallest absolute Gasteiger partial charge is 0.163 e. The molecule has 0 unspecified atom stereocenters. The van der Waals surface area contributed by atoms with Gasteiger partial charge in [-0.1, -0.05) is 6.92 Å². The maximum Gasteiger partial charge on any atom is 0.163 e. The molecule has 0 spiro atoms. The van der Waals surface area contributed by atoms with Crippen molar-refractivity contribution in [2.45, 2.75) is 26.3 Å². The van der Waals surface area contributed by atoms with Crippen molar-refractivity contribution in [1.29, 1.82) is 0 Å². The number of pyridine rings is 1. The molecule has 3 aromatic heterocycles. The zero-order valence-electron chi connectivity index (χ0n) is 13.6. The third-order valence-electron chi connectivity index (χ3n) is 3.72. The summed E-state index contributed by atoms with van der Waals surface area (Å²) in [6.45, 7) is 4.11. The van der Waals surface area contributed by atoms with E-state index < -0.39 is 0 Å². The average molecular weight is 308 g/mol. The highest BCUT2D eigenvalue weighted by molar-refractivity contribution is 5.56. The molecule has 23 heavy (non-hydrogen) atoms. The molecule has 3 aromatic rings. The molecule has 118 valence electrons. The van der Waals surface area contributed by atoms with Crippen LogP contribution in [-0.4, -0.2) is 24.7 Å². The highest BCUT2D eigenvalue weighted by Crippen LogP contribution is 2.23. The van der Waals surface area contributed by atoms with Crippen LogP contribution in [0.25, 0.3) is 11.4 Å². The Morgan fingerprint density at radius 2 is 2.09 bits per heavy atom. The Kier molecular flexibility index (Phi) is 4.32. The Morgan fingerprint density at radius 3 is 2.74 bits per heavy atom. The number of nitrogens with one attached hydrogen (secondary N) is 1. The summed E-state index contributed by atoms with van der Waals surface area (Å²) in [6.07, 6.45) is 6.27. The standard InChI is InChI=1S/C17H20N6/c1-4-14(15-7-9-19-23(15)3)21-16-10-12(2)20-17(22-16)13-6-5-8-18-11-13/h5-11,14H,4H2,1-3H3,(H,20,21,22)/t14-/m0/s1. The molecule has 3 rings (SSSR count). The SMILES string of the molecule is CC[C@H](Nc1cc(C)nc(-c2cccnc2)n1)c1ccnn1C. The van der Waals surface area contributed by atoms with Crippen molar-refractivity contribution in [2.75, 3.05) is 5.32 Å². The van der Waals surface area contributed by atoms with E-state index in [1.54, 1.807) is 12.4 Å². The number of nitrogens with zero attached hydrogens (tertiary/aromatic N) is 5. The van der Waals surface area contributed by atoms with E-state index in [-0.39, 0.29) is 6.04 Å². The summed E-state index contributed by atoms with van der Waals surface area (Å²) in [5.41, 5.74) is 2.96. The molecule has 6 heteroatoms. The van der Waals surface area contributed by atoms with Gasteiger partial charge in [0, 0.05) is 43.0 Å². The molecule has 0 aliphatic heterocycles. The summed E-state index contributed by atoms with van der Waals surface area (Å²) in [4.78, 5) is 13.3. The van der Waals surface area contributed by atoms with Crippen molar-refractivity contribution >= 4 is 5.82 Å². The van der Waals surface area contributed by atoms with Crippen molar-refractivity contribution in [3.8, 4) is 11.4 Å². The molecule has 0 aliphatic rings. The second-order valence-electron chi connectivity index (χ2n) is 5.44. The normalized spacial score (nSPS) is 12.1. The number of aryl methyl sites for hydroxylation is 2. The fraction of sp³-hybridized carbons (Fsp3) is 0.294. The van der Waals surface area contributed by atoms with Gasteiger partial charge >= 0.3 is 0 Å². The molecule has 3 heterocycles. The molecule has 0 aliphatic carbocycles. The van der Waals surface area contributed by atoms with Crippen LogP contribution in [0.15, 0.2) is 42.9 Å². The topological polar surface area (TPSA) is 68.5 Å². The first-order chi connectivity index (χ1) is 11.2. The fourth-order valence-corrected chi connectivity index (χ4v) is 2.56. The molecule has 0 aromatic carbocycles. The van der Waals surface area contributed by atoms with Crippen LogP contribution in [0, 0.1) is 6.92 Å². The molecule has 1 atom stereocenters. The van der Waals surface area contributed by atoms with Crippen LogP contribution in [0.3, 0.4) is 0 Å². The van der Waals surface area contributed by atoms with Crippen LogP contribution in [0.1, 0.15) is 30.8 Å². The maximum absolute atomic E-state index is 4.64. The van der Waals surface area contributed by atoms with E-state index in [0.717, 1.165) is 29.2 Å². The highest BCUT2D eigenvalue weighted by Gasteiger charge is 2.14. The van der Waals surface area contributed by atoms with Crippen LogP contribution >= 0.6 is 0 Å². The van der Waals surface area contributed by atoms with Crippen molar-refractivity contribution in [2.24, 2.45) is 7.05 Å². The first kappa shape index (κ1) is 15.1. The van der Waals surface area contributed by atoms with Crippen LogP contribution in [0.4, 0.5) is 5.82 Å². The molecule has 0 fully saturated rings. The van der Waals surface area contributed by atoms with Crippen molar-refractivity contribution in [3.63, 3.8) is 0 Å². The molecule has 0 saturated heterocycles. The van der Waals surface area contributed by atoms with Gasteiger partial charge < -0.3 is 5.32 Å². The maximum atomic E-state index is 4.64. The molecule has 0 saturated carbocycles. The number of anilines is 1. The summed E-state index contributed by atoms with van der Waals surface area (Å²) in [7, 11) is 1.95. The van der Waals surface area contributed by atoms with Crippen LogP contribution in [0.2, 0.25) is 0 Å².